The zero-order valence-electron chi connectivity index (χ0n) is 9.31. The first-order valence-electron chi connectivity index (χ1n) is 4.91. The first-order chi connectivity index (χ1) is 7.65. The van der Waals surface area contributed by atoms with Crippen LogP contribution < -0.4 is 10.9 Å². The predicted octanol–water partition coefficient (Wildman–Crippen LogP) is 1.46. The molecule has 4 heteroatoms. The number of aryl methyl sites for hydroxylation is 1. The highest BCUT2D eigenvalue weighted by Gasteiger charge is 2.02. The van der Waals surface area contributed by atoms with E-state index in [9.17, 15) is 9.59 Å². The van der Waals surface area contributed by atoms with Gasteiger partial charge in [-0.1, -0.05) is 18.2 Å². The molecule has 0 saturated carbocycles. The highest BCUT2D eigenvalue weighted by Crippen LogP contribution is 1.97. The van der Waals surface area contributed by atoms with E-state index >= 15 is 0 Å². The van der Waals surface area contributed by atoms with Crippen molar-refractivity contribution in [2.75, 3.05) is 5.32 Å². The maximum Gasteiger partial charge on any atom is 0.274 e. The van der Waals surface area contributed by atoms with Crippen molar-refractivity contribution >= 4 is 11.6 Å². The molecule has 1 amide bonds. The molecule has 1 heterocycles. The van der Waals surface area contributed by atoms with E-state index < -0.39 is 0 Å². The molecule has 0 bridgehead atoms. The maximum absolute atomic E-state index is 11.5. The van der Waals surface area contributed by atoms with Crippen LogP contribution >= 0.6 is 0 Å². The Morgan fingerprint density at radius 3 is 2.88 bits per heavy atom. The van der Waals surface area contributed by atoms with Crippen LogP contribution in [0, 0.1) is 0 Å². The molecule has 0 aliphatic rings. The van der Waals surface area contributed by atoms with Crippen LogP contribution in [0.15, 0.2) is 47.4 Å². The standard InChI is InChI=1S/C12H14N2O2/c1-3-4-5-8-11(15)13-10-7-6-9-14(2)12(10)16/h3-9H,1-2H3,(H,13,15)/b4-3+,8-5-. The molecule has 1 aromatic heterocycles. The number of rotatable bonds is 3. The number of hydrogen-bond donors (Lipinski definition) is 1. The summed E-state index contributed by atoms with van der Waals surface area (Å²) >= 11 is 0. The van der Waals surface area contributed by atoms with E-state index in [0.717, 1.165) is 0 Å². The van der Waals surface area contributed by atoms with Gasteiger partial charge >= 0.3 is 0 Å². The number of hydrogen-bond acceptors (Lipinski definition) is 2. The lowest BCUT2D eigenvalue weighted by atomic mass is 10.3. The third kappa shape index (κ3) is 3.24. The van der Waals surface area contributed by atoms with Crippen LogP contribution in [-0.2, 0) is 11.8 Å². The second-order valence-corrected chi connectivity index (χ2v) is 3.21. The van der Waals surface area contributed by atoms with E-state index in [0.29, 0.717) is 0 Å². The first kappa shape index (κ1) is 12.0. The summed E-state index contributed by atoms with van der Waals surface area (Å²) in [5.74, 6) is -0.318. The number of aromatic nitrogens is 1. The van der Waals surface area contributed by atoms with Gasteiger partial charge < -0.3 is 9.88 Å². The lowest BCUT2D eigenvalue weighted by Gasteiger charge is -2.02. The molecule has 1 aromatic rings. The minimum Gasteiger partial charge on any atom is -0.318 e. The summed E-state index contributed by atoms with van der Waals surface area (Å²) in [5, 5.41) is 2.52. The van der Waals surface area contributed by atoms with E-state index in [1.165, 1.54) is 10.6 Å². The quantitative estimate of drug-likeness (QED) is 0.616. The number of pyridine rings is 1. The Labute approximate surface area is 93.9 Å². The summed E-state index contributed by atoms with van der Waals surface area (Å²) in [5.41, 5.74) is 0.0513. The lowest BCUT2D eigenvalue weighted by molar-refractivity contribution is -0.111. The number of carbonyl (C=O) groups excluding carboxylic acids is 1. The number of nitrogens with zero attached hydrogens (tertiary/aromatic N) is 1. The summed E-state index contributed by atoms with van der Waals surface area (Å²) in [6.45, 7) is 1.86. The third-order valence-electron chi connectivity index (χ3n) is 1.93. The summed E-state index contributed by atoms with van der Waals surface area (Å²) < 4.78 is 1.41. The first-order valence-corrected chi connectivity index (χ1v) is 4.91. The Kier molecular flexibility index (Phi) is 4.27. The van der Waals surface area contributed by atoms with Crippen molar-refractivity contribution in [3.8, 4) is 0 Å². The molecule has 0 atom stereocenters. The number of anilines is 1. The minimum atomic E-state index is -0.318. The lowest BCUT2D eigenvalue weighted by Crippen LogP contribution is -2.22. The van der Waals surface area contributed by atoms with E-state index in [-0.39, 0.29) is 17.2 Å². The predicted molar refractivity (Wildman–Crippen MR) is 64.3 cm³/mol. The summed E-state index contributed by atoms with van der Waals surface area (Å²) in [6, 6.07) is 3.27. The van der Waals surface area contributed by atoms with Crippen molar-refractivity contribution in [1.82, 2.24) is 4.57 Å². The number of amides is 1. The fourth-order valence-electron chi connectivity index (χ4n) is 1.12. The van der Waals surface area contributed by atoms with Crippen LogP contribution in [0.4, 0.5) is 5.69 Å². The molecule has 0 unspecified atom stereocenters. The van der Waals surface area contributed by atoms with Gasteiger partial charge in [-0.3, -0.25) is 9.59 Å². The Morgan fingerprint density at radius 1 is 1.44 bits per heavy atom. The van der Waals surface area contributed by atoms with Crippen molar-refractivity contribution in [2.45, 2.75) is 6.92 Å². The van der Waals surface area contributed by atoms with E-state index in [2.05, 4.69) is 5.32 Å². The molecule has 4 nitrogen and oxygen atoms in total. The van der Waals surface area contributed by atoms with Gasteiger partial charge in [0.15, 0.2) is 0 Å². The number of allylic oxidation sites excluding steroid dienone is 3. The maximum atomic E-state index is 11.5. The number of nitrogens with one attached hydrogen (secondary N) is 1. The molecule has 0 radical (unpaired) electrons. The van der Waals surface area contributed by atoms with Crippen molar-refractivity contribution < 1.29 is 4.79 Å². The second-order valence-electron chi connectivity index (χ2n) is 3.21. The molecule has 1 rings (SSSR count). The Balaban J connectivity index is 2.78. The summed E-state index contributed by atoms with van der Waals surface area (Å²) in [7, 11) is 1.63. The average molecular weight is 218 g/mol. The molecule has 1 N–H and O–H groups in total. The molecule has 0 fully saturated rings. The topological polar surface area (TPSA) is 51.1 Å². The monoisotopic (exact) mass is 218 g/mol. The van der Waals surface area contributed by atoms with Gasteiger partial charge in [-0.2, -0.15) is 0 Å². The summed E-state index contributed by atoms with van der Waals surface area (Å²) in [6.07, 6.45) is 8.16. The highest BCUT2D eigenvalue weighted by atomic mass is 16.2. The Bertz CT molecular complexity index is 484. The van der Waals surface area contributed by atoms with Crippen molar-refractivity contribution in [2.24, 2.45) is 7.05 Å². The van der Waals surface area contributed by atoms with Crippen molar-refractivity contribution in [1.29, 1.82) is 0 Å². The van der Waals surface area contributed by atoms with Crippen LogP contribution in [0.25, 0.3) is 0 Å². The largest absolute Gasteiger partial charge is 0.318 e. The van der Waals surface area contributed by atoms with Gasteiger partial charge in [-0.05, 0) is 19.1 Å². The van der Waals surface area contributed by atoms with Gasteiger partial charge in [0.1, 0.15) is 5.69 Å². The molecule has 0 aromatic carbocycles. The third-order valence-corrected chi connectivity index (χ3v) is 1.93. The van der Waals surface area contributed by atoms with Crippen molar-refractivity contribution in [3.63, 3.8) is 0 Å². The molecule has 0 spiro atoms. The smallest absolute Gasteiger partial charge is 0.274 e. The van der Waals surface area contributed by atoms with Gasteiger partial charge in [0.05, 0.1) is 0 Å². The molecule has 84 valence electrons. The molecular weight excluding hydrogens is 204 g/mol. The molecule has 0 aliphatic heterocycles. The molecular formula is C12H14N2O2. The van der Waals surface area contributed by atoms with Crippen LogP contribution in [0.5, 0.6) is 0 Å². The summed E-state index contributed by atoms with van der Waals surface area (Å²) in [4.78, 5) is 22.9. The molecule has 16 heavy (non-hydrogen) atoms. The van der Waals surface area contributed by atoms with E-state index in [1.54, 1.807) is 37.5 Å². The van der Waals surface area contributed by atoms with Gasteiger partial charge in [0.25, 0.3) is 5.56 Å². The van der Waals surface area contributed by atoms with Gasteiger partial charge in [-0.25, -0.2) is 0 Å². The van der Waals surface area contributed by atoms with Gasteiger partial charge in [0.2, 0.25) is 5.91 Å². The zero-order valence-corrected chi connectivity index (χ0v) is 9.31. The fourth-order valence-corrected chi connectivity index (χ4v) is 1.12. The normalized spacial score (nSPS) is 11.1. The van der Waals surface area contributed by atoms with Crippen LogP contribution in [0.3, 0.4) is 0 Å². The average Bonchev–Trinajstić information content (AvgIpc) is 2.25. The van der Waals surface area contributed by atoms with Crippen LogP contribution in [0.2, 0.25) is 0 Å². The molecule has 0 aliphatic carbocycles. The van der Waals surface area contributed by atoms with Gasteiger partial charge in [0, 0.05) is 19.3 Å². The van der Waals surface area contributed by atoms with E-state index in [1.807, 2.05) is 13.0 Å². The van der Waals surface area contributed by atoms with Crippen LogP contribution in [-0.4, -0.2) is 10.5 Å². The molecule has 0 saturated heterocycles. The highest BCUT2D eigenvalue weighted by molar-refractivity contribution is 5.99. The van der Waals surface area contributed by atoms with E-state index in [4.69, 9.17) is 0 Å². The van der Waals surface area contributed by atoms with Crippen LogP contribution in [0.1, 0.15) is 6.92 Å². The minimum absolute atomic E-state index is 0.227. The SMILES string of the molecule is C/C=C/C=C\C(=O)Nc1cccn(C)c1=O. The van der Waals surface area contributed by atoms with Gasteiger partial charge in [-0.15, -0.1) is 0 Å². The fraction of sp³-hybridized carbons (Fsp3) is 0.167. The van der Waals surface area contributed by atoms with Crippen molar-refractivity contribution in [3.05, 3.63) is 53.0 Å². The Morgan fingerprint density at radius 2 is 2.19 bits per heavy atom. The Hall–Kier alpha value is -2.10. The number of carbonyl (C=O) groups is 1. The zero-order chi connectivity index (χ0) is 12.0. The second kappa shape index (κ2) is 5.70.